The first-order valence-electron chi connectivity index (χ1n) is 7.95. The Morgan fingerprint density at radius 3 is 1.24 bits per heavy atom. The number of hydrogen-bond acceptors (Lipinski definition) is 2. The Balaban J connectivity index is 0. The van der Waals surface area contributed by atoms with E-state index in [1.807, 2.05) is 0 Å². The first kappa shape index (κ1) is 22.8. The average molecular weight is 406 g/mol. The van der Waals surface area contributed by atoms with Crippen LogP contribution in [0.4, 0.5) is 0 Å². The molecule has 0 heterocycles. The van der Waals surface area contributed by atoms with E-state index < -0.39 is 31.7 Å². The first-order valence-corrected chi connectivity index (χ1v) is 14.0. The SMILES string of the molecule is CCC[CH2][Sn+]([CH2]CCC)[CH2]CCC.O=C(O)/C=C\C(=O)O. The van der Waals surface area contributed by atoms with Gasteiger partial charge in [0.25, 0.3) is 0 Å². The summed E-state index contributed by atoms with van der Waals surface area (Å²) in [6.07, 6.45) is 9.96. The molecule has 0 rings (SSSR count). The van der Waals surface area contributed by atoms with Crippen LogP contribution < -0.4 is 0 Å². The quantitative estimate of drug-likeness (QED) is 0.389. The Hall–Kier alpha value is -0.521. The van der Waals surface area contributed by atoms with E-state index >= 15 is 0 Å². The van der Waals surface area contributed by atoms with Gasteiger partial charge in [-0.15, -0.1) is 0 Å². The van der Waals surface area contributed by atoms with E-state index in [9.17, 15) is 9.59 Å². The number of carboxylic acid groups (broad SMARTS) is 2. The number of unbranched alkanes of at least 4 members (excludes halogenated alkanes) is 3. The van der Waals surface area contributed by atoms with Crippen LogP contribution in [0.3, 0.4) is 0 Å². The van der Waals surface area contributed by atoms with E-state index in [4.69, 9.17) is 10.2 Å². The summed E-state index contributed by atoms with van der Waals surface area (Å²) in [5.41, 5.74) is 0. The van der Waals surface area contributed by atoms with Gasteiger partial charge in [-0.25, -0.2) is 9.59 Å². The minimum Gasteiger partial charge on any atom is -0.478 e. The molecule has 0 fully saturated rings. The van der Waals surface area contributed by atoms with Crippen LogP contribution in [-0.4, -0.2) is 41.9 Å². The third-order valence-electron chi connectivity index (χ3n) is 3.02. The summed E-state index contributed by atoms with van der Waals surface area (Å²) in [7, 11) is 0. The molecule has 0 amide bonds. The summed E-state index contributed by atoms with van der Waals surface area (Å²) in [4.78, 5) is 19.1. The molecular weight excluding hydrogens is 375 g/mol. The van der Waals surface area contributed by atoms with E-state index in [0.717, 1.165) is 0 Å². The molecule has 0 radical (unpaired) electrons. The van der Waals surface area contributed by atoms with E-state index in [1.165, 1.54) is 38.5 Å². The Labute approximate surface area is 136 Å². The standard InChI is InChI=1S/C4H4O4.3C4H9.Sn/c5-3(6)1-2-4(7)8;3*1-3-4-2;/h1-2H,(H,5,6)(H,7,8);3*1,3-4H2,2H3;/q;;;;+1/b2-1-;;;;. The van der Waals surface area contributed by atoms with Gasteiger partial charge in [0.1, 0.15) is 0 Å². The van der Waals surface area contributed by atoms with Crippen molar-refractivity contribution < 1.29 is 19.8 Å². The molecule has 0 aromatic carbocycles. The Bertz CT molecular complexity index is 255. The molecule has 21 heavy (non-hydrogen) atoms. The van der Waals surface area contributed by atoms with Gasteiger partial charge in [0.05, 0.1) is 0 Å². The molecule has 0 unspecified atom stereocenters. The van der Waals surface area contributed by atoms with Crippen molar-refractivity contribution in [3.05, 3.63) is 12.2 Å². The average Bonchev–Trinajstić information content (AvgIpc) is 2.45. The predicted molar refractivity (Wildman–Crippen MR) is 89.3 cm³/mol. The van der Waals surface area contributed by atoms with Crippen LogP contribution in [0.15, 0.2) is 12.2 Å². The van der Waals surface area contributed by atoms with Crippen LogP contribution in [0.5, 0.6) is 0 Å². The maximum Gasteiger partial charge on any atom is 0.328 e. The van der Waals surface area contributed by atoms with Crippen molar-refractivity contribution in [1.29, 1.82) is 0 Å². The fourth-order valence-electron chi connectivity index (χ4n) is 1.80. The Morgan fingerprint density at radius 1 is 0.762 bits per heavy atom. The van der Waals surface area contributed by atoms with Gasteiger partial charge in [-0.05, 0) is 0 Å². The van der Waals surface area contributed by atoms with Gasteiger partial charge in [-0.3, -0.25) is 0 Å². The van der Waals surface area contributed by atoms with Gasteiger partial charge >= 0.3 is 104 Å². The summed E-state index contributed by atoms with van der Waals surface area (Å²) in [5, 5.41) is 15.6. The van der Waals surface area contributed by atoms with Crippen LogP contribution >= 0.6 is 0 Å². The molecule has 0 aliphatic heterocycles. The largest absolute Gasteiger partial charge is 0.478 e. The van der Waals surface area contributed by atoms with Gasteiger partial charge < -0.3 is 10.2 Å². The van der Waals surface area contributed by atoms with Crippen molar-refractivity contribution in [2.24, 2.45) is 0 Å². The molecule has 0 atom stereocenters. The van der Waals surface area contributed by atoms with Crippen LogP contribution in [0.2, 0.25) is 13.3 Å². The van der Waals surface area contributed by atoms with E-state index in [0.29, 0.717) is 12.2 Å². The fraction of sp³-hybridized carbons (Fsp3) is 0.750. The smallest absolute Gasteiger partial charge is 0.328 e. The molecule has 0 saturated carbocycles. The molecule has 0 saturated heterocycles. The van der Waals surface area contributed by atoms with Crippen LogP contribution in [-0.2, 0) is 9.59 Å². The molecular formula is C16H31O4Sn+. The second-order valence-electron chi connectivity index (χ2n) is 5.07. The number of aliphatic carboxylic acids is 2. The molecule has 2 N–H and O–H groups in total. The molecule has 0 aromatic rings. The zero-order chi connectivity index (χ0) is 16.5. The summed E-state index contributed by atoms with van der Waals surface area (Å²) in [5.74, 6) is -2.51. The molecule has 5 heteroatoms. The number of carbonyl (C=O) groups is 2. The molecule has 122 valence electrons. The second kappa shape index (κ2) is 17.5. The zero-order valence-electron chi connectivity index (χ0n) is 13.7. The maximum atomic E-state index is 9.55. The van der Waals surface area contributed by atoms with E-state index in [2.05, 4.69) is 20.8 Å². The normalized spacial score (nSPS) is 10.0. The van der Waals surface area contributed by atoms with Crippen molar-refractivity contribution in [3.63, 3.8) is 0 Å². The fourth-order valence-corrected chi connectivity index (χ4v) is 11.2. The summed E-state index contributed by atoms with van der Waals surface area (Å²) >= 11 is -0.839. The number of hydrogen-bond donors (Lipinski definition) is 2. The molecule has 0 aliphatic carbocycles. The minimum absolute atomic E-state index is 0.558. The summed E-state index contributed by atoms with van der Waals surface area (Å²) in [6.45, 7) is 7.00. The van der Waals surface area contributed by atoms with Crippen molar-refractivity contribution in [3.8, 4) is 0 Å². The summed E-state index contributed by atoms with van der Waals surface area (Å²) in [6, 6.07) is 0. The van der Waals surface area contributed by atoms with Crippen LogP contribution in [0, 0.1) is 0 Å². The molecule has 0 spiro atoms. The van der Waals surface area contributed by atoms with Gasteiger partial charge in [0.15, 0.2) is 0 Å². The Morgan fingerprint density at radius 2 is 1.05 bits per heavy atom. The number of carboxylic acids is 2. The third-order valence-corrected chi connectivity index (χ3v) is 12.1. The van der Waals surface area contributed by atoms with E-state index in [1.54, 1.807) is 13.3 Å². The molecule has 4 nitrogen and oxygen atoms in total. The predicted octanol–water partition coefficient (Wildman–Crippen LogP) is 4.59. The zero-order valence-corrected chi connectivity index (χ0v) is 16.6. The monoisotopic (exact) mass is 407 g/mol. The molecule has 0 aliphatic rings. The third kappa shape index (κ3) is 21.9. The van der Waals surface area contributed by atoms with Gasteiger partial charge in [0, 0.05) is 12.2 Å². The van der Waals surface area contributed by atoms with Gasteiger partial charge in [-0.1, -0.05) is 0 Å². The van der Waals surface area contributed by atoms with Crippen molar-refractivity contribution in [2.75, 3.05) is 0 Å². The first-order chi connectivity index (χ1) is 9.97. The number of rotatable bonds is 11. The van der Waals surface area contributed by atoms with Gasteiger partial charge in [-0.2, -0.15) is 0 Å². The van der Waals surface area contributed by atoms with Crippen molar-refractivity contribution >= 4 is 31.7 Å². The summed E-state index contributed by atoms with van der Waals surface area (Å²) < 4.78 is 5.04. The van der Waals surface area contributed by atoms with Crippen LogP contribution in [0.25, 0.3) is 0 Å². The van der Waals surface area contributed by atoms with Crippen LogP contribution in [0.1, 0.15) is 59.3 Å². The van der Waals surface area contributed by atoms with E-state index in [-0.39, 0.29) is 0 Å². The second-order valence-corrected chi connectivity index (χ2v) is 13.6. The topological polar surface area (TPSA) is 74.6 Å². The van der Waals surface area contributed by atoms with Gasteiger partial charge in [0.2, 0.25) is 0 Å². The van der Waals surface area contributed by atoms with Crippen molar-refractivity contribution in [2.45, 2.75) is 72.6 Å². The molecule has 0 bridgehead atoms. The Kier molecular flexibility index (Phi) is 19.0. The maximum absolute atomic E-state index is 9.55. The van der Waals surface area contributed by atoms with Crippen molar-refractivity contribution in [1.82, 2.24) is 0 Å². The molecule has 0 aromatic heterocycles. The minimum atomic E-state index is -1.26.